The molecule has 0 amide bonds. The van der Waals surface area contributed by atoms with Gasteiger partial charge in [0.05, 0.1) is 10.5 Å². The first-order valence-electron chi connectivity index (χ1n) is 5.11. The molecular weight excluding hydrogens is 276 g/mol. The monoisotopic (exact) mass is 290 g/mol. The van der Waals surface area contributed by atoms with Crippen molar-refractivity contribution in [2.24, 2.45) is 0 Å². The zero-order valence-electron chi connectivity index (χ0n) is 8.92. The molecule has 84 valence electrons. The highest BCUT2D eigenvalue weighted by Crippen LogP contribution is 2.42. The molecule has 1 aliphatic heterocycles. The molecule has 0 aromatic carbocycles. The molecule has 1 N–H and O–H groups in total. The number of thiophene rings is 1. The van der Waals surface area contributed by atoms with E-state index in [1.165, 1.54) is 4.88 Å². The van der Waals surface area contributed by atoms with Crippen molar-refractivity contribution in [3.05, 3.63) is 20.3 Å². The lowest BCUT2D eigenvalue weighted by atomic mass is 9.94. The van der Waals surface area contributed by atoms with Gasteiger partial charge in [0.25, 0.3) is 0 Å². The van der Waals surface area contributed by atoms with Crippen LogP contribution in [-0.4, -0.2) is 17.3 Å². The van der Waals surface area contributed by atoms with Gasteiger partial charge in [-0.1, -0.05) is 0 Å². The van der Waals surface area contributed by atoms with Crippen LogP contribution < -0.4 is 0 Å². The maximum Gasteiger partial charge on any atom is 0.118 e. The summed E-state index contributed by atoms with van der Waals surface area (Å²) < 4.78 is 6.65. The summed E-state index contributed by atoms with van der Waals surface area (Å²) in [6.45, 7) is 4.80. The Balaban J connectivity index is 2.27. The minimum Gasteiger partial charge on any atom is -0.385 e. The second kappa shape index (κ2) is 4.17. The summed E-state index contributed by atoms with van der Waals surface area (Å²) in [5.41, 5.74) is -0.403. The van der Waals surface area contributed by atoms with E-state index in [2.05, 4.69) is 15.9 Å². The van der Waals surface area contributed by atoms with E-state index in [0.29, 0.717) is 0 Å². The Morgan fingerprint density at radius 1 is 1.67 bits per heavy atom. The molecule has 0 spiro atoms. The third-order valence-corrected chi connectivity index (χ3v) is 4.93. The quantitative estimate of drug-likeness (QED) is 0.904. The summed E-state index contributed by atoms with van der Waals surface area (Å²) in [4.78, 5) is 2.19. The number of rotatable bonds is 2. The van der Waals surface area contributed by atoms with Gasteiger partial charge in [0.2, 0.25) is 0 Å². The third-order valence-electron chi connectivity index (χ3n) is 2.91. The van der Waals surface area contributed by atoms with Crippen LogP contribution in [0, 0.1) is 6.92 Å². The number of ether oxygens (including phenoxy) is 1. The van der Waals surface area contributed by atoms with Gasteiger partial charge in [0, 0.05) is 16.0 Å². The van der Waals surface area contributed by atoms with Crippen LogP contribution >= 0.6 is 27.3 Å². The number of hydrogen-bond donors (Lipinski definition) is 1. The predicted octanol–water partition coefficient (Wildman–Crippen LogP) is 3.42. The summed E-state index contributed by atoms with van der Waals surface area (Å²) >= 11 is 5.11. The predicted molar refractivity (Wildman–Crippen MR) is 65.3 cm³/mol. The molecule has 2 unspecified atom stereocenters. The lowest BCUT2D eigenvalue weighted by molar-refractivity contribution is -0.0783. The first kappa shape index (κ1) is 11.6. The molecular formula is C11H15BrO2S. The van der Waals surface area contributed by atoms with Gasteiger partial charge in [-0.2, -0.15) is 0 Å². The highest BCUT2D eigenvalue weighted by molar-refractivity contribution is 9.10. The SMILES string of the molecule is Cc1cc(Br)c(C(O)C2(C)CCCO2)s1. The minimum atomic E-state index is -0.520. The Morgan fingerprint density at radius 2 is 2.40 bits per heavy atom. The fourth-order valence-electron chi connectivity index (χ4n) is 1.98. The van der Waals surface area contributed by atoms with E-state index in [-0.39, 0.29) is 0 Å². The topological polar surface area (TPSA) is 29.5 Å². The van der Waals surface area contributed by atoms with Crippen molar-refractivity contribution < 1.29 is 9.84 Å². The smallest absolute Gasteiger partial charge is 0.118 e. The molecule has 15 heavy (non-hydrogen) atoms. The van der Waals surface area contributed by atoms with E-state index < -0.39 is 11.7 Å². The van der Waals surface area contributed by atoms with E-state index in [0.717, 1.165) is 28.8 Å². The average molecular weight is 291 g/mol. The van der Waals surface area contributed by atoms with E-state index in [1.54, 1.807) is 11.3 Å². The molecule has 4 heteroatoms. The summed E-state index contributed by atoms with van der Waals surface area (Å²) in [6, 6.07) is 2.04. The summed E-state index contributed by atoms with van der Waals surface area (Å²) in [5.74, 6) is 0. The van der Waals surface area contributed by atoms with Crippen LogP contribution in [0.25, 0.3) is 0 Å². The fraction of sp³-hybridized carbons (Fsp3) is 0.636. The van der Waals surface area contributed by atoms with Crippen molar-refractivity contribution in [3.63, 3.8) is 0 Å². The zero-order chi connectivity index (χ0) is 11.1. The van der Waals surface area contributed by atoms with Crippen molar-refractivity contribution in [3.8, 4) is 0 Å². The van der Waals surface area contributed by atoms with Crippen molar-refractivity contribution in [1.29, 1.82) is 0 Å². The van der Waals surface area contributed by atoms with Gasteiger partial charge in [-0.3, -0.25) is 0 Å². The summed E-state index contributed by atoms with van der Waals surface area (Å²) in [7, 11) is 0. The molecule has 2 atom stereocenters. The van der Waals surface area contributed by atoms with E-state index in [4.69, 9.17) is 4.74 Å². The summed E-state index contributed by atoms with van der Waals surface area (Å²) in [6.07, 6.45) is 1.45. The van der Waals surface area contributed by atoms with E-state index in [1.807, 2.05) is 19.9 Å². The second-order valence-electron chi connectivity index (χ2n) is 4.24. The van der Waals surface area contributed by atoms with Crippen LogP contribution in [0.2, 0.25) is 0 Å². The van der Waals surface area contributed by atoms with Gasteiger partial charge in [-0.15, -0.1) is 11.3 Å². The average Bonchev–Trinajstić information content (AvgIpc) is 2.73. The lowest BCUT2D eigenvalue weighted by Crippen LogP contribution is -2.31. The molecule has 2 nitrogen and oxygen atoms in total. The Morgan fingerprint density at radius 3 is 2.87 bits per heavy atom. The third kappa shape index (κ3) is 2.13. The Kier molecular flexibility index (Phi) is 3.22. The van der Waals surface area contributed by atoms with Gasteiger partial charge < -0.3 is 9.84 Å². The van der Waals surface area contributed by atoms with Crippen molar-refractivity contribution in [2.45, 2.75) is 38.4 Å². The molecule has 1 aromatic heterocycles. The Hall–Kier alpha value is 0.1000. The standard InChI is InChI=1S/C11H15BrO2S/c1-7-6-8(12)9(15-7)10(13)11(2)4-3-5-14-11/h6,10,13H,3-5H2,1-2H3. The second-order valence-corrected chi connectivity index (χ2v) is 6.38. The lowest BCUT2D eigenvalue weighted by Gasteiger charge is -2.28. The fourth-order valence-corrected chi connectivity index (χ4v) is 3.98. The number of hydrogen-bond acceptors (Lipinski definition) is 3. The molecule has 1 fully saturated rings. The van der Waals surface area contributed by atoms with Crippen molar-refractivity contribution in [1.82, 2.24) is 0 Å². The van der Waals surface area contributed by atoms with Crippen LogP contribution in [-0.2, 0) is 4.74 Å². The largest absolute Gasteiger partial charge is 0.385 e. The first-order chi connectivity index (χ1) is 7.03. The molecule has 0 saturated carbocycles. The van der Waals surface area contributed by atoms with Crippen LogP contribution in [0.3, 0.4) is 0 Å². The molecule has 1 saturated heterocycles. The van der Waals surface area contributed by atoms with E-state index in [9.17, 15) is 5.11 Å². The number of aliphatic hydroxyl groups is 1. The van der Waals surface area contributed by atoms with Crippen LogP contribution in [0.4, 0.5) is 0 Å². The maximum absolute atomic E-state index is 10.3. The molecule has 1 aromatic rings. The molecule has 2 heterocycles. The highest BCUT2D eigenvalue weighted by atomic mass is 79.9. The highest BCUT2D eigenvalue weighted by Gasteiger charge is 2.39. The Labute approximate surface area is 102 Å². The maximum atomic E-state index is 10.3. The molecule has 2 rings (SSSR count). The van der Waals surface area contributed by atoms with Gasteiger partial charge in [0.1, 0.15) is 6.10 Å². The van der Waals surface area contributed by atoms with Gasteiger partial charge >= 0.3 is 0 Å². The van der Waals surface area contributed by atoms with Gasteiger partial charge in [-0.05, 0) is 48.7 Å². The normalized spacial score (nSPS) is 28.3. The number of aryl methyl sites for hydroxylation is 1. The molecule has 0 bridgehead atoms. The molecule has 0 aliphatic carbocycles. The first-order valence-corrected chi connectivity index (χ1v) is 6.72. The van der Waals surface area contributed by atoms with E-state index >= 15 is 0 Å². The minimum absolute atomic E-state index is 0.403. The van der Waals surface area contributed by atoms with Crippen molar-refractivity contribution in [2.75, 3.05) is 6.61 Å². The number of halogens is 1. The molecule has 0 radical (unpaired) electrons. The van der Waals surface area contributed by atoms with Crippen molar-refractivity contribution >= 4 is 27.3 Å². The molecule has 1 aliphatic rings. The van der Waals surface area contributed by atoms with Gasteiger partial charge in [0.15, 0.2) is 0 Å². The zero-order valence-corrected chi connectivity index (χ0v) is 11.3. The number of aliphatic hydroxyl groups excluding tert-OH is 1. The van der Waals surface area contributed by atoms with Crippen LogP contribution in [0.5, 0.6) is 0 Å². The Bertz CT molecular complexity index is 355. The van der Waals surface area contributed by atoms with Gasteiger partial charge in [-0.25, -0.2) is 0 Å². The van der Waals surface area contributed by atoms with Crippen LogP contribution in [0.15, 0.2) is 10.5 Å². The van der Waals surface area contributed by atoms with Crippen LogP contribution in [0.1, 0.15) is 35.6 Å². The summed E-state index contributed by atoms with van der Waals surface area (Å²) in [5, 5.41) is 10.3.